The molecule has 3 nitrogen and oxygen atoms in total. The van der Waals surface area contributed by atoms with Crippen LogP contribution < -0.4 is 10.1 Å². The lowest BCUT2D eigenvalue weighted by Gasteiger charge is -2.22. The normalized spacial score (nSPS) is 14.2. The predicted molar refractivity (Wildman–Crippen MR) is 67.0 cm³/mol. The molecule has 0 unspecified atom stereocenters. The van der Waals surface area contributed by atoms with Gasteiger partial charge in [-0.2, -0.15) is 0 Å². The van der Waals surface area contributed by atoms with Gasteiger partial charge in [0.25, 0.3) is 0 Å². The highest BCUT2D eigenvalue weighted by molar-refractivity contribution is 5.56. The average molecular weight is 223 g/mol. The summed E-state index contributed by atoms with van der Waals surface area (Å²) in [4.78, 5) is 0. The average Bonchev–Trinajstić information content (AvgIpc) is 2.30. The zero-order chi connectivity index (χ0) is 12.0. The van der Waals surface area contributed by atoms with E-state index >= 15 is 0 Å². The first kappa shape index (κ1) is 12.8. The van der Waals surface area contributed by atoms with Crippen LogP contribution in [-0.2, 0) is 0 Å². The number of ether oxygens (including phenoxy) is 1. The van der Waals surface area contributed by atoms with Crippen molar-refractivity contribution in [2.24, 2.45) is 0 Å². The van der Waals surface area contributed by atoms with Crippen molar-refractivity contribution >= 4 is 5.69 Å². The second-order valence-corrected chi connectivity index (χ2v) is 3.99. The molecule has 0 aliphatic carbocycles. The molecule has 0 fully saturated rings. The summed E-state index contributed by atoms with van der Waals surface area (Å²) in [5.74, 6) is 0.804. The number of para-hydroxylation sites is 2. The molecule has 0 amide bonds. The molecule has 2 N–H and O–H groups in total. The first-order chi connectivity index (χ1) is 7.69. The van der Waals surface area contributed by atoms with Crippen molar-refractivity contribution < 1.29 is 9.84 Å². The molecule has 1 aromatic carbocycles. The quantitative estimate of drug-likeness (QED) is 0.779. The molecule has 0 aromatic heterocycles. The first-order valence-electron chi connectivity index (χ1n) is 5.76. The lowest BCUT2D eigenvalue weighted by atomic mass is 10.1. The van der Waals surface area contributed by atoms with E-state index in [1.807, 2.05) is 31.2 Å². The summed E-state index contributed by atoms with van der Waals surface area (Å²) < 4.78 is 5.24. The summed E-state index contributed by atoms with van der Waals surface area (Å²) in [7, 11) is 1.65. The smallest absolute Gasteiger partial charge is 0.141 e. The van der Waals surface area contributed by atoms with Gasteiger partial charge in [0.1, 0.15) is 5.75 Å². The van der Waals surface area contributed by atoms with Gasteiger partial charge in [-0.3, -0.25) is 0 Å². The minimum Gasteiger partial charge on any atom is -0.495 e. The van der Waals surface area contributed by atoms with Crippen molar-refractivity contribution in [1.29, 1.82) is 0 Å². The molecule has 0 spiro atoms. The van der Waals surface area contributed by atoms with Crippen LogP contribution in [0.1, 0.15) is 26.7 Å². The Morgan fingerprint density at radius 2 is 2.06 bits per heavy atom. The molecule has 0 saturated carbocycles. The third-order valence-electron chi connectivity index (χ3n) is 2.65. The molecule has 0 bridgehead atoms. The van der Waals surface area contributed by atoms with Crippen LogP contribution in [-0.4, -0.2) is 24.4 Å². The molecular formula is C13H21NO2. The molecular weight excluding hydrogens is 202 g/mol. The Kier molecular flexibility index (Phi) is 5.12. The van der Waals surface area contributed by atoms with E-state index in [0.717, 1.165) is 24.3 Å². The van der Waals surface area contributed by atoms with Crippen LogP contribution in [0, 0.1) is 0 Å². The highest BCUT2D eigenvalue weighted by atomic mass is 16.5. The number of benzene rings is 1. The lowest BCUT2D eigenvalue weighted by Crippen LogP contribution is -2.30. The Morgan fingerprint density at radius 3 is 2.69 bits per heavy atom. The first-order valence-corrected chi connectivity index (χ1v) is 5.76. The summed E-state index contributed by atoms with van der Waals surface area (Å²) in [5.41, 5.74) is 0.924. The molecule has 90 valence electrons. The Morgan fingerprint density at radius 1 is 1.38 bits per heavy atom. The van der Waals surface area contributed by atoms with Gasteiger partial charge < -0.3 is 15.2 Å². The van der Waals surface area contributed by atoms with E-state index in [9.17, 15) is 5.11 Å². The van der Waals surface area contributed by atoms with Gasteiger partial charge in [-0.25, -0.2) is 0 Å². The Hall–Kier alpha value is -1.22. The summed E-state index contributed by atoms with van der Waals surface area (Å²) in [6, 6.07) is 7.76. The zero-order valence-corrected chi connectivity index (χ0v) is 10.2. The van der Waals surface area contributed by atoms with E-state index < -0.39 is 0 Å². The fourth-order valence-electron chi connectivity index (χ4n) is 1.65. The van der Waals surface area contributed by atoms with Crippen LogP contribution in [0.5, 0.6) is 5.75 Å². The standard InChI is InChI=1S/C13H21NO2/c1-4-7-12(15)10(2)14-11-8-5-6-9-13(11)16-3/h5-6,8-10,12,14-15H,4,7H2,1-3H3/t10-,12-/m1/s1. The number of nitrogens with one attached hydrogen (secondary N) is 1. The van der Waals surface area contributed by atoms with E-state index in [0.29, 0.717) is 0 Å². The van der Waals surface area contributed by atoms with E-state index in [4.69, 9.17) is 4.74 Å². The number of methoxy groups -OCH3 is 1. The van der Waals surface area contributed by atoms with Gasteiger partial charge in [-0.15, -0.1) is 0 Å². The molecule has 2 atom stereocenters. The second kappa shape index (κ2) is 6.38. The minimum absolute atomic E-state index is 0.0243. The highest BCUT2D eigenvalue weighted by Crippen LogP contribution is 2.24. The second-order valence-electron chi connectivity index (χ2n) is 3.99. The molecule has 0 radical (unpaired) electrons. The van der Waals surface area contributed by atoms with E-state index in [1.165, 1.54) is 0 Å². The van der Waals surface area contributed by atoms with Crippen molar-refractivity contribution in [3.63, 3.8) is 0 Å². The van der Waals surface area contributed by atoms with E-state index in [-0.39, 0.29) is 12.1 Å². The van der Waals surface area contributed by atoms with Crippen LogP contribution in [0.4, 0.5) is 5.69 Å². The third kappa shape index (κ3) is 3.42. The monoisotopic (exact) mass is 223 g/mol. The van der Waals surface area contributed by atoms with Gasteiger partial charge in [0.2, 0.25) is 0 Å². The number of anilines is 1. The number of aliphatic hydroxyl groups excluding tert-OH is 1. The molecule has 1 aromatic rings. The van der Waals surface area contributed by atoms with Gasteiger partial charge in [-0.05, 0) is 25.5 Å². The SMILES string of the molecule is CCC[C@@H](O)[C@@H](C)Nc1ccccc1OC. The van der Waals surface area contributed by atoms with Crippen LogP contribution in [0.3, 0.4) is 0 Å². The topological polar surface area (TPSA) is 41.5 Å². The Labute approximate surface area is 97.4 Å². The minimum atomic E-state index is -0.324. The van der Waals surface area contributed by atoms with Crippen LogP contribution in [0.25, 0.3) is 0 Å². The van der Waals surface area contributed by atoms with Gasteiger partial charge in [0, 0.05) is 6.04 Å². The molecule has 3 heteroatoms. The molecule has 16 heavy (non-hydrogen) atoms. The maximum atomic E-state index is 9.84. The van der Waals surface area contributed by atoms with Crippen LogP contribution in [0.2, 0.25) is 0 Å². The zero-order valence-electron chi connectivity index (χ0n) is 10.2. The molecule has 1 rings (SSSR count). The van der Waals surface area contributed by atoms with Crippen molar-refractivity contribution in [2.75, 3.05) is 12.4 Å². The fourth-order valence-corrected chi connectivity index (χ4v) is 1.65. The predicted octanol–water partition coefficient (Wildman–Crippen LogP) is 2.66. The maximum absolute atomic E-state index is 9.84. The van der Waals surface area contributed by atoms with Crippen molar-refractivity contribution in [3.8, 4) is 5.75 Å². The highest BCUT2D eigenvalue weighted by Gasteiger charge is 2.14. The number of rotatable bonds is 6. The van der Waals surface area contributed by atoms with Crippen molar-refractivity contribution in [1.82, 2.24) is 0 Å². The third-order valence-corrected chi connectivity index (χ3v) is 2.65. The fraction of sp³-hybridized carbons (Fsp3) is 0.538. The van der Waals surface area contributed by atoms with E-state index in [2.05, 4.69) is 12.2 Å². The summed E-state index contributed by atoms with van der Waals surface area (Å²) >= 11 is 0. The summed E-state index contributed by atoms with van der Waals surface area (Å²) in [6.45, 7) is 4.05. The summed E-state index contributed by atoms with van der Waals surface area (Å²) in [6.07, 6.45) is 1.47. The van der Waals surface area contributed by atoms with Crippen molar-refractivity contribution in [3.05, 3.63) is 24.3 Å². The molecule has 0 aliphatic rings. The number of aliphatic hydroxyl groups is 1. The van der Waals surface area contributed by atoms with Gasteiger partial charge in [-0.1, -0.05) is 25.5 Å². The Bertz CT molecular complexity index is 315. The van der Waals surface area contributed by atoms with Gasteiger partial charge >= 0.3 is 0 Å². The lowest BCUT2D eigenvalue weighted by molar-refractivity contribution is 0.147. The van der Waals surface area contributed by atoms with E-state index in [1.54, 1.807) is 7.11 Å². The molecule has 0 saturated heterocycles. The molecule has 0 heterocycles. The van der Waals surface area contributed by atoms with Crippen LogP contribution in [0.15, 0.2) is 24.3 Å². The van der Waals surface area contributed by atoms with Crippen molar-refractivity contribution in [2.45, 2.75) is 38.8 Å². The number of hydrogen-bond donors (Lipinski definition) is 2. The van der Waals surface area contributed by atoms with Crippen LogP contribution >= 0.6 is 0 Å². The van der Waals surface area contributed by atoms with Gasteiger partial charge in [0.05, 0.1) is 18.9 Å². The summed E-state index contributed by atoms with van der Waals surface area (Å²) in [5, 5.41) is 13.1. The number of hydrogen-bond acceptors (Lipinski definition) is 3. The Balaban J connectivity index is 2.64. The molecule has 0 aliphatic heterocycles. The van der Waals surface area contributed by atoms with Gasteiger partial charge in [0.15, 0.2) is 0 Å². The maximum Gasteiger partial charge on any atom is 0.141 e. The largest absolute Gasteiger partial charge is 0.495 e.